The predicted molar refractivity (Wildman–Crippen MR) is 90.8 cm³/mol. The van der Waals surface area contributed by atoms with Crippen molar-refractivity contribution < 1.29 is 4.39 Å². The van der Waals surface area contributed by atoms with E-state index in [1.54, 1.807) is 12.1 Å². The van der Waals surface area contributed by atoms with Crippen LogP contribution in [0.5, 0.6) is 0 Å². The molecule has 0 aromatic heterocycles. The lowest BCUT2D eigenvalue weighted by Gasteiger charge is -2.37. The molecule has 1 aromatic rings. The number of halogens is 1. The number of hydrogen-bond acceptors (Lipinski definition) is 2. The quantitative estimate of drug-likeness (QED) is 0.824. The molecular weight excluding hydrogens is 275 g/mol. The van der Waals surface area contributed by atoms with Gasteiger partial charge in [0.1, 0.15) is 5.82 Å². The van der Waals surface area contributed by atoms with E-state index in [2.05, 4.69) is 16.7 Å². The first kappa shape index (κ1) is 15.8. The molecule has 1 aromatic carbocycles. The third-order valence-corrected chi connectivity index (χ3v) is 5.55. The van der Waals surface area contributed by atoms with Gasteiger partial charge in [-0.15, -0.1) is 0 Å². The second-order valence-electron chi connectivity index (χ2n) is 7.19. The van der Waals surface area contributed by atoms with Gasteiger partial charge in [0.15, 0.2) is 0 Å². The fraction of sp³-hybridized carbons (Fsp3) is 0.684. The molecule has 0 bridgehead atoms. The summed E-state index contributed by atoms with van der Waals surface area (Å²) in [7, 11) is 0. The molecule has 1 heterocycles. The van der Waals surface area contributed by atoms with E-state index in [1.165, 1.54) is 38.6 Å². The van der Waals surface area contributed by atoms with E-state index >= 15 is 0 Å². The minimum absolute atomic E-state index is 0.0905. The van der Waals surface area contributed by atoms with Crippen molar-refractivity contribution in [1.29, 1.82) is 0 Å². The van der Waals surface area contributed by atoms with Crippen LogP contribution in [0, 0.1) is 17.7 Å². The molecule has 122 valence electrons. The SMILES string of the molecule is CC1CCC(CCN2CCN(c3ccccc3F)CC2)CC1. The van der Waals surface area contributed by atoms with Crippen LogP contribution >= 0.6 is 0 Å². The zero-order valence-corrected chi connectivity index (χ0v) is 13.8. The molecule has 3 heteroatoms. The smallest absolute Gasteiger partial charge is 0.146 e. The highest BCUT2D eigenvalue weighted by Crippen LogP contribution is 2.30. The maximum atomic E-state index is 13.8. The first-order valence-corrected chi connectivity index (χ1v) is 8.94. The third kappa shape index (κ3) is 4.01. The van der Waals surface area contributed by atoms with Gasteiger partial charge in [-0.3, -0.25) is 4.90 Å². The summed E-state index contributed by atoms with van der Waals surface area (Å²) in [6, 6.07) is 7.15. The molecule has 1 aliphatic carbocycles. The first-order valence-electron chi connectivity index (χ1n) is 8.94. The predicted octanol–water partition coefficient (Wildman–Crippen LogP) is 4.16. The Labute approximate surface area is 134 Å². The molecule has 2 nitrogen and oxygen atoms in total. The summed E-state index contributed by atoms with van der Waals surface area (Å²) in [5.74, 6) is 1.80. The molecule has 0 amide bonds. The zero-order valence-electron chi connectivity index (χ0n) is 13.8. The average molecular weight is 304 g/mol. The number of piperazine rings is 1. The van der Waals surface area contributed by atoms with Gasteiger partial charge >= 0.3 is 0 Å². The number of nitrogens with zero attached hydrogens (tertiary/aromatic N) is 2. The highest BCUT2D eigenvalue weighted by Gasteiger charge is 2.22. The molecule has 3 rings (SSSR count). The minimum atomic E-state index is -0.0905. The molecule has 0 radical (unpaired) electrons. The second-order valence-corrected chi connectivity index (χ2v) is 7.19. The maximum absolute atomic E-state index is 13.8. The van der Waals surface area contributed by atoms with Crippen molar-refractivity contribution in [2.24, 2.45) is 11.8 Å². The highest BCUT2D eigenvalue weighted by atomic mass is 19.1. The van der Waals surface area contributed by atoms with Gasteiger partial charge < -0.3 is 4.90 Å². The lowest BCUT2D eigenvalue weighted by Crippen LogP contribution is -2.47. The molecule has 1 saturated carbocycles. The maximum Gasteiger partial charge on any atom is 0.146 e. The van der Waals surface area contributed by atoms with Crippen LogP contribution in [-0.4, -0.2) is 37.6 Å². The Morgan fingerprint density at radius 2 is 1.68 bits per heavy atom. The summed E-state index contributed by atoms with van der Waals surface area (Å²) in [6.07, 6.45) is 7.05. The van der Waals surface area contributed by atoms with E-state index in [1.807, 2.05) is 12.1 Å². The first-order chi connectivity index (χ1) is 10.7. The fourth-order valence-electron chi connectivity index (χ4n) is 3.90. The molecule has 22 heavy (non-hydrogen) atoms. The van der Waals surface area contributed by atoms with Gasteiger partial charge in [-0.25, -0.2) is 4.39 Å². The molecule has 0 N–H and O–H groups in total. The molecule has 0 atom stereocenters. The van der Waals surface area contributed by atoms with Crippen LogP contribution in [-0.2, 0) is 0 Å². The lowest BCUT2D eigenvalue weighted by molar-refractivity contribution is 0.208. The van der Waals surface area contributed by atoms with Crippen LogP contribution in [0.3, 0.4) is 0 Å². The van der Waals surface area contributed by atoms with Crippen molar-refractivity contribution >= 4 is 5.69 Å². The zero-order chi connectivity index (χ0) is 15.4. The molecular formula is C19H29FN2. The van der Waals surface area contributed by atoms with Gasteiger partial charge in [-0.05, 0) is 36.9 Å². The monoisotopic (exact) mass is 304 g/mol. The Bertz CT molecular complexity index is 460. The van der Waals surface area contributed by atoms with Gasteiger partial charge in [-0.1, -0.05) is 44.7 Å². The van der Waals surface area contributed by atoms with E-state index in [9.17, 15) is 4.39 Å². The van der Waals surface area contributed by atoms with Gasteiger partial charge in [0.2, 0.25) is 0 Å². The van der Waals surface area contributed by atoms with Gasteiger partial charge in [0.05, 0.1) is 5.69 Å². The molecule has 0 spiro atoms. The van der Waals surface area contributed by atoms with Crippen molar-refractivity contribution in [2.75, 3.05) is 37.6 Å². The Kier molecular flexibility index (Phi) is 5.35. The Balaban J connectivity index is 1.41. The average Bonchev–Trinajstić information content (AvgIpc) is 2.55. The van der Waals surface area contributed by atoms with Crippen molar-refractivity contribution in [2.45, 2.75) is 39.0 Å². The summed E-state index contributed by atoms with van der Waals surface area (Å²) < 4.78 is 13.8. The Morgan fingerprint density at radius 3 is 2.36 bits per heavy atom. The second kappa shape index (κ2) is 7.45. The Morgan fingerprint density at radius 1 is 1.00 bits per heavy atom. The molecule has 1 aliphatic heterocycles. The highest BCUT2D eigenvalue weighted by molar-refractivity contribution is 5.47. The molecule has 1 saturated heterocycles. The van der Waals surface area contributed by atoms with E-state index in [4.69, 9.17) is 0 Å². The number of benzene rings is 1. The molecule has 2 fully saturated rings. The Hall–Kier alpha value is -1.09. The third-order valence-electron chi connectivity index (χ3n) is 5.55. The molecule has 2 aliphatic rings. The van der Waals surface area contributed by atoms with Crippen molar-refractivity contribution in [3.05, 3.63) is 30.1 Å². The van der Waals surface area contributed by atoms with Crippen LogP contribution in [0.4, 0.5) is 10.1 Å². The van der Waals surface area contributed by atoms with Gasteiger partial charge in [0.25, 0.3) is 0 Å². The van der Waals surface area contributed by atoms with E-state index in [-0.39, 0.29) is 5.82 Å². The van der Waals surface area contributed by atoms with Crippen LogP contribution in [0.1, 0.15) is 39.0 Å². The number of hydrogen-bond donors (Lipinski definition) is 0. The summed E-state index contributed by atoms with van der Waals surface area (Å²) in [6.45, 7) is 7.64. The number of rotatable bonds is 4. The van der Waals surface area contributed by atoms with Gasteiger partial charge in [-0.2, -0.15) is 0 Å². The lowest BCUT2D eigenvalue weighted by atomic mass is 9.81. The summed E-state index contributed by atoms with van der Waals surface area (Å²) in [5, 5.41) is 0. The summed E-state index contributed by atoms with van der Waals surface area (Å²) in [4.78, 5) is 4.75. The van der Waals surface area contributed by atoms with Gasteiger partial charge in [0, 0.05) is 26.2 Å². The summed E-state index contributed by atoms with van der Waals surface area (Å²) >= 11 is 0. The fourth-order valence-corrected chi connectivity index (χ4v) is 3.90. The summed E-state index contributed by atoms with van der Waals surface area (Å²) in [5.41, 5.74) is 0.767. The van der Waals surface area contributed by atoms with Crippen LogP contribution in [0.15, 0.2) is 24.3 Å². The van der Waals surface area contributed by atoms with Crippen LogP contribution in [0.25, 0.3) is 0 Å². The normalized spacial score (nSPS) is 27.1. The van der Waals surface area contributed by atoms with E-state index in [0.29, 0.717) is 0 Å². The topological polar surface area (TPSA) is 6.48 Å². The number of anilines is 1. The standard InChI is InChI=1S/C19H29FN2/c1-16-6-8-17(9-7-16)10-11-21-12-14-22(15-13-21)19-5-3-2-4-18(19)20/h2-5,16-17H,6-15H2,1H3. The largest absolute Gasteiger partial charge is 0.367 e. The van der Waals surface area contributed by atoms with E-state index < -0.39 is 0 Å². The van der Waals surface area contributed by atoms with Crippen molar-refractivity contribution in [1.82, 2.24) is 4.90 Å². The van der Waals surface area contributed by atoms with Crippen molar-refractivity contribution in [3.8, 4) is 0 Å². The number of para-hydroxylation sites is 1. The van der Waals surface area contributed by atoms with Crippen LogP contribution < -0.4 is 4.90 Å². The van der Waals surface area contributed by atoms with E-state index in [0.717, 1.165) is 43.7 Å². The minimum Gasteiger partial charge on any atom is -0.367 e. The van der Waals surface area contributed by atoms with Crippen LogP contribution in [0.2, 0.25) is 0 Å². The molecule has 0 unspecified atom stereocenters. The van der Waals surface area contributed by atoms with Crippen molar-refractivity contribution in [3.63, 3.8) is 0 Å².